The van der Waals surface area contributed by atoms with Crippen molar-refractivity contribution in [3.05, 3.63) is 30.3 Å². The minimum atomic E-state index is -0.516. The average molecular weight is 321 g/mol. The van der Waals surface area contributed by atoms with Crippen LogP contribution in [-0.4, -0.2) is 30.8 Å². The highest BCUT2D eigenvalue weighted by Gasteiger charge is 2.10. The number of rotatable bonds is 7. The van der Waals surface area contributed by atoms with Gasteiger partial charge in [0.25, 0.3) is 0 Å². The predicted molar refractivity (Wildman–Crippen MR) is 81.8 cm³/mol. The monoisotopic (exact) mass is 321 g/mol. The maximum Gasteiger partial charge on any atom is 0.306 e. The highest BCUT2D eigenvalue weighted by atomic mass is 16.5. The van der Waals surface area contributed by atoms with Gasteiger partial charge in [-0.05, 0) is 12.1 Å². The van der Waals surface area contributed by atoms with Gasteiger partial charge in [-0.25, -0.2) is 0 Å². The highest BCUT2D eigenvalue weighted by molar-refractivity contribution is 5.93. The van der Waals surface area contributed by atoms with Crippen LogP contribution in [0.2, 0.25) is 0 Å². The number of hydrogen-bond acceptors (Lipinski definition) is 5. The van der Waals surface area contributed by atoms with Crippen molar-refractivity contribution >= 4 is 29.4 Å². The Balaban J connectivity index is 2.17. The molecule has 0 aliphatic rings. The number of hydrogen-bond donors (Lipinski definition) is 3. The van der Waals surface area contributed by atoms with Crippen molar-refractivity contribution in [2.45, 2.75) is 25.7 Å². The second-order valence-corrected chi connectivity index (χ2v) is 4.59. The zero-order chi connectivity index (χ0) is 17.1. The Morgan fingerprint density at radius 2 is 1.35 bits per heavy atom. The van der Waals surface area contributed by atoms with Gasteiger partial charge in [-0.2, -0.15) is 0 Å². The molecule has 23 heavy (non-hydrogen) atoms. The molecule has 0 saturated heterocycles. The molecule has 0 aromatic heterocycles. The van der Waals surface area contributed by atoms with Crippen molar-refractivity contribution in [3.63, 3.8) is 0 Å². The summed E-state index contributed by atoms with van der Waals surface area (Å²) in [5.74, 6) is -1.83. The fourth-order valence-corrected chi connectivity index (χ4v) is 1.55. The van der Waals surface area contributed by atoms with Crippen LogP contribution >= 0.6 is 0 Å². The average Bonchev–Trinajstić information content (AvgIpc) is 2.56. The van der Waals surface area contributed by atoms with Gasteiger partial charge in [0.2, 0.25) is 17.7 Å². The number of anilines is 1. The molecular formula is C15H19N3O5. The second-order valence-electron chi connectivity index (χ2n) is 4.59. The number of benzene rings is 1. The fraction of sp³-hybridized carbons (Fsp3) is 0.333. The third-order valence-electron chi connectivity index (χ3n) is 2.76. The molecule has 0 aliphatic heterocycles. The molecule has 0 aliphatic carbocycles. The smallest absolute Gasteiger partial charge is 0.306 e. The number of amides is 3. The van der Waals surface area contributed by atoms with Gasteiger partial charge in [0.05, 0.1) is 13.5 Å². The maximum absolute atomic E-state index is 11.6. The van der Waals surface area contributed by atoms with E-state index < -0.39 is 17.8 Å². The van der Waals surface area contributed by atoms with E-state index in [2.05, 4.69) is 20.9 Å². The Morgan fingerprint density at radius 1 is 0.826 bits per heavy atom. The quantitative estimate of drug-likeness (QED) is 0.500. The first-order valence-electron chi connectivity index (χ1n) is 7.00. The summed E-state index contributed by atoms with van der Waals surface area (Å²) in [6.45, 7) is 0. The summed E-state index contributed by atoms with van der Waals surface area (Å²) in [5.41, 5.74) is 4.98. The lowest BCUT2D eigenvalue weighted by atomic mass is 10.2. The summed E-state index contributed by atoms with van der Waals surface area (Å²) in [6.07, 6.45) is -0.256. The number of esters is 1. The van der Waals surface area contributed by atoms with E-state index in [0.29, 0.717) is 5.69 Å². The molecule has 0 saturated carbocycles. The molecule has 0 spiro atoms. The van der Waals surface area contributed by atoms with Crippen LogP contribution in [0.25, 0.3) is 0 Å². The van der Waals surface area contributed by atoms with E-state index in [1.54, 1.807) is 24.3 Å². The Labute approximate surface area is 133 Å². The molecule has 0 bridgehead atoms. The fourth-order valence-electron chi connectivity index (χ4n) is 1.55. The number of methoxy groups -OCH3 is 1. The van der Waals surface area contributed by atoms with E-state index in [0.717, 1.165) is 0 Å². The van der Waals surface area contributed by atoms with Gasteiger partial charge >= 0.3 is 5.97 Å². The zero-order valence-corrected chi connectivity index (χ0v) is 12.8. The molecule has 3 amide bonds. The van der Waals surface area contributed by atoms with Crippen LogP contribution < -0.4 is 16.2 Å². The first-order valence-corrected chi connectivity index (χ1v) is 7.00. The molecular weight excluding hydrogens is 302 g/mol. The Kier molecular flexibility index (Phi) is 7.84. The topological polar surface area (TPSA) is 114 Å². The Bertz CT molecular complexity index is 559. The van der Waals surface area contributed by atoms with Crippen molar-refractivity contribution in [2.75, 3.05) is 12.4 Å². The maximum atomic E-state index is 11.6. The van der Waals surface area contributed by atoms with Gasteiger partial charge in [0.15, 0.2) is 0 Å². The van der Waals surface area contributed by atoms with Crippen molar-refractivity contribution < 1.29 is 23.9 Å². The lowest BCUT2D eigenvalue weighted by Crippen LogP contribution is -2.41. The SMILES string of the molecule is COC(=O)CCC(=O)NNC(=O)CCC(=O)Nc1ccccc1. The highest BCUT2D eigenvalue weighted by Crippen LogP contribution is 2.05. The lowest BCUT2D eigenvalue weighted by Gasteiger charge is -2.07. The largest absolute Gasteiger partial charge is 0.469 e. The molecule has 1 rings (SSSR count). The molecule has 124 valence electrons. The first-order chi connectivity index (χ1) is 11.0. The zero-order valence-electron chi connectivity index (χ0n) is 12.8. The van der Waals surface area contributed by atoms with Crippen LogP contribution in [-0.2, 0) is 23.9 Å². The lowest BCUT2D eigenvalue weighted by molar-refractivity contribution is -0.142. The van der Waals surface area contributed by atoms with Crippen LogP contribution in [0.5, 0.6) is 0 Å². The summed E-state index contributed by atoms with van der Waals surface area (Å²) in [4.78, 5) is 45.3. The molecule has 0 atom stereocenters. The number of hydrazine groups is 1. The summed E-state index contributed by atoms with van der Waals surface area (Å²) in [7, 11) is 1.22. The van der Waals surface area contributed by atoms with Crippen molar-refractivity contribution in [2.24, 2.45) is 0 Å². The molecule has 0 unspecified atom stereocenters. The van der Waals surface area contributed by atoms with Crippen LogP contribution in [0.1, 0.15) is 25.7 Å². The van der Waals surface area contributed by atoms with Gasteiger partial charge < -0.3 is 10.1 Å². The number of carbonyl (C=O) groups is 4. The van der Waals surface area contributed by atoms with E-state index in [9.17, 15) is 19.2 Å². The van der Waals surface area contributed by atoms with Gasteiger partial charge in [-0.3, -0.25) is 30.0 Å². The van der Waals surface area contributed by atoms with E-state index in [4.69, 9.17) is 0 Å². The number of nitrogens with one attached hydrogen (secondary N) is 3. The van der Waals surface area contributed by atoms with Crippen LogP contribution in [0, 0.1) is 0 Å². The molecule has 1 aromatic rings. The van der Waals surface area contributed by atoms with Crippen LogP contribution in [0.4, 0.5) is 5.69 Å². The molecule has 0 radical (unpaired) electrons. The molecule has 3 N–H and O–H groups in total. The van der Waals surface area contributed by atoms with Gasteiger partial charge in [0, 0.05) is 24.9 Å². The summed E-state index contributed by atoms with van der Waals surface area (Å²) in [6, 6.07) is 8.86. The Hall–Kier alpha value is -2.90. The normalized spacial score (nSPS) is 9.61. The van der Waals surface area contributed by atoms with E-state index in [-0.39, 0.29) is 31.6 Å². The van der Waals surface area contributed by atoms with E-state index in [1.807, 2.05) is 6.07 Å². The first kappa shape index (κ1) is 18.1. The van der Waals surface area contributed by atoms with Crippen LogP contribution in [0.3, 0.4) is 0 Å². The van der Waals surface area contributed by atoms with Crippen molar-refractivity contribution in [1.29, 1.82) is 0 Å². The summed E-state index contributed by atoms with van der Waals surface area (Å²) < 4.78 is 4.39. The summed E-state index contributed by atoms with van der Waals surface area (Å²) in [5, 5.41) is 2.64. The summed E-state index contributed by atoms with van der Waals surface area (Å²) >= 11 is 0. The molecule has 8 heteroatoms. The molecule has 0 heterocycles. The predicted octanol–water partition coefficient (Wildman–Crippen LogP) is 0.506. The Morgan fingerprint density at radius 3 is 1.91 bits per heavy atom. The molecule has 8 nitrogen and oxygen atoms in total. The minimum Gasteiger partial charge on any atom is -0.469 e. The molecule has 1 aromatic carbocycles. The third-order valence-corrected chi connectivity index (χ3v) is 2.76. The van der Waals surface area contributed by atoms with Crippen molar-refractivity contribution in [3.8, 4) is 0 Å². The number of para-hydroxylation sites is 1. The van der Waals surface area contributed by atoms with Crippen molar-refractivity contribution in [1.82, 2.24) is 10.9 Å². The number of ether oxygens (including phenoxy) is 1. The second kappa shape index (κ2) is 9.93. The van der Waals surface area contributed by atoms with Gasteiger partial charge in [-0.15, -0.1) is 0 Å². The van der Waals surface area contributed by atoms with E-state index in [1.165, 1.54) is 7.11 Å². The van der Waals surface area contributed by atoms with Gasteiger partial charge in [0.1, 0.15) is 0 Å². The van der Waals surface area contributed by atoms with Crippen LogP contribution in [0.15, 0.2) is 30.3 Å². The van der Waals surface area contributed by atoms with Gasteiger partial charge in [-0.1, -0.05) is 18.2 Å². The molecule has 0 fully saturated rings. The number of carbonyl (C=O) groups excluding carboxylic acids is 4. The standard InChI is InChI=1S/C15H19N3O5/c1-23-15(22)10-9-14(21)18-17-13(20)8-7-12(19)16-11-5-3-2-4-6-11/h2-6H,7-10H2,1H3,(H,16,19)(H,17,20)(H,18,21). The third kappa shape index (κ3) is 8.20. The minimum absolute atomic E-state index is 0.0151. The van der Waals surface area contributed by atoms with E-state index >= 15 is 0 Å².